The first-order valence-corrected chi connectivity index (χ1v) is 12.5. The van der Waals surface area contributed by atoms with Crippen LogP contribution >= 0.6 is 23.4 Å². The Morgan fingerprint density at radius 3 is 2.50 bits per heavy atom. The van der Waals surface area contributed by atoms with Crippen LogP contribution in [0.3, 0.4) is 0 Å². The number of aliphatic imine (C=N–C) groups is 1. The lowest BCUT2D eigenvalue weighted by Crippen LogP contribution is -2.38. The maximum absolute atomic E-state index is 12.5. The first-order chi connectivity index (χ1) is 14.2. The molecule has 2 saturated heterocycles. The van der Waals surface area contributed by atoms with E-state index in [2.05, 4.69) is 4.99 Å². The number of ether oxygens (including phenoxy) is 1. The summed E-state index contributed by atoms with van der Waals surface area (Å²) in [6, 6.07) is 12.4. The minimum absolute atomic E-state index is 0.0624. The smallest absolute Gasteiger partial charge is 0.285 e. The van der Waals surface area contributed by atoms with Crippen LogP contribution in [0.2, 0.25) is 5.02 Å². The molecule has 2 aromatic rings. The van der Waals surface area contributed by atoms with Crippen LogP contribution < -0.4 is 9.64 Å². The third kappa shape index (κ3) is 4.36. The van der Waals surface area contributed by atoms with E-state index in [9.17, 15) is 13.2 Å². The van der Waals surface area contributed by atoms with Gasteiger partial charge in [0, 0.05) is 16.0 Å². The monoisotopic (exact) mass is 464 g/mol. The largest absolute Gasteiger partial charge is 0.484 e. The number of carbonyl (C=O) groups is 1. The average Bonchev–Trinajstić information content (AvgIpc) is 3.13. The molecule has 0 aromatic heterocycles. The number of benzene rings is 2. The molecule has 0 bridgehead atoms. The molecule has 2 fully saturated rings. The Morgan fingerprint density at radius 2 is 1.83 bits per heavy atom. The Morgan fingerprint density at radius 1 is 1.17 bits per heavy atom. The van der Waals surface area contributed by atoms with Crippen LogP contribution in [0.5, 0.6) is 5.75 Å². The SMILES string of the molecule is Cc1cccc(C)c1N1C(=NC(=O)COc2ccc(Cl)cc2)SC2CS(=O)(=O)CC21. The summed E-state index contributed by atoms with van der Waals surface area (Å²) in [7, 11) is -3.11. The van der Waals surface area contributed by atoms with Crippen LogP contribution in [0, 0.1) is 13.8 Å². The number of amides is 1. The number of sulfone groups is 1. The normalized spacial score (nSPS) is 23.6. The Labute approximate surface area is 185 Å². The number of nitrogens with zero attached hydrogens (tertiary/aromatic N) is 2. The molecule has 2 aliphatic rings. The van der Waals surface area contributed by atoms with Gasteiger partial charge in [0.1, 0.15) is 5.75 Å². The van der Waals surface area contributed by atoms with Crippen molar-refractivity contribution in [2.75, 3.05) is 23.0 Å². The molecule has 0 N–H and O–H groups in total. The molecular formula is C21H21ClN2O4S2. The first kappa shape index (κ1) is 21.2. The lowest BCUT2D eigenvalue weighted by molar-refractivity contribution is -0.119. The molecule has 2 atom stereocenters. The summed E-state index contributed by atoms with van der Waals surface area (Å²) in [5.74, 6) is 0.263. The summed E-state index contributed by atoms with van der Waals surface area (Å²) in [4.78, 5) is 18.8. The Balaban J connectivity index is 1.60. The summed E-state index contributed by atoms with van der Waals surface area (Å²) >= 11 is 7.22. The molecule has 0 spiro atoms. The minimum Gasteiger partial charge on any atom is -0.484 e. The molecule has 158 valence electrons. The zero-order valence-electron chi connectivity index (χ0n) is 16.5. The van der Waals surface area contributed by atoms with Crippen molar-refractivity contribution in [3.05, 3.63) is 58.6 Å². The van der Waals surface area contributed by atoms with Crippen LogP contribution in [-0.4, -0.2) is 48.9 Å². The topological polar surface area (TPSA) is 76.0 Å². The average molecular weight is 465 g/mol. The zero-order chi connectivity index (χ0) is 21.5. The van der Waals surface area contributed by atoms with Crippen molar-refractivity contribution in [1.82, 2.24) is 0 Å². The highest BCUT2D eigenvalue weighted by atomic mass is 35.5. The number of fused-ring (bicyclic) bond motifs is 1. The number of halogens is 1. The standard InChI is InChI=1S/C21H21ClN2O4S2/c1-13-4-3-5-14(2)20(13)24-17-11-30(26,27)12-18(17)29-21(24)23-19(25)10-28-16-8-6-15(22)7-9-16/h3-9,17-18H,10-12H2,1-2H3. The second-order valence-corrected chi connectivity index (χ2v) is 11.2. The van der Waals surface area contributed by atoms with Crippen LogP contribution in [0.15, 0.2) is 47.5 Å². The summed E-state index contributed by atoms with van der Waals surface area (Å²) < 4.78 is 30.0. The number of anilines is 1. The van der Waals surface area contributed by atoms with E-state index < -0.39 is 15.7 Å². The van der Waals surface area contributed by atoms with Crippen LogP contribution in [0.25, 0.3) is 0 Å². The van der Waals surface area contributed by atoms with Gasteiger partial charge in [-0.1, -0.05) is 41.6 Å². The van der Waals surface area contributed by atoms with E-state index in [0.717, 1.165) is 16.8 Å². The van der Waals surface area contributed by atoms with Crippen molar-refractivity contribution in [2.45, 2.75) is 25.1 Å². The fraction of sp³-hybridized carbons (Fsp3) is 0.333. The van der Waals surface area contributed by atoms with E-state index in [1.165, 1.54) is 11.8 Å². The second-order valence-electron chi connectivity index (χ2n) is 7.44. The maximum atomic E-state index is 12.5. The summed E-state index contributed by atoms with van der Waals surface area (Å²) in [6.45, 7) is 3.75. The van der Waals surface area contributed by atoms with Crippen molar-refractivity contribution < 1.29 is 17.9 Å². The van der Waals surface area contributed by atoms with Gasteiger partial charge in [0.05, 0.1) is 17.5 Å². The molecule has 2 aliphatic heterocycles. The van der Waals surface area contributed by atoms with E-state index in [0.29, 0.717) is 15.9 Å². The molecule has 0 aliphatic carbocycles. The fourth-order valence-electron chi connectivity index (χ4n) is 3.83. The predicted molar refractivity (Wildman–Crippen MR) is 122 cm³/mol. The van der Waals surface area contributed by atoms with Gasteiger partial charge in [-0.05, 0) is 49.2 Å². The van der Waals surface area contributed by atoms with E-state index in [1.807, 2.05) is 36.9 Å². The third-order valence-corrected chi connectivity index (χ3v) is 8.60. The quantitative estimate of drug-likeness (QED) is 0.687. The molecule has 30 heavy (non-hydrogen) atoms. The highest BCUT2D eigenvalue weighted by Crippen LogP contribution is 2.43. The lowest BCUT2D eigenvalue weighted by atomic mass is 10.1. The molecule has 1 amide bonds. The van der Waals surface area contributed by atoms with Gasteiger partial charge in [0.25, 0.3) is 5.91 Å². The van der Waals surface area contributed by atoms with Crippen molar-refractivity contribution >= 4 is 50.0 Å². The first-order valence-electron chi connectivity index (χ1n) is 9.46. The predicted octanol–water partition coefficient (Wildman–Crippen LogP) is 3.64. The van der Waals surface area contributed by atoms with Crippen LogP contribution in [0.4, 0.5) is 5.69 Å². The summed E-state index contributed by atoms with van der Waals surface area (Å²) in [6.07, 6.45) is 0. The van der Waals surface area contributed by atoms with E-state index in [1.54, 1.807) is 24.3 Å². The van der Waals surface area contributed by atoms with Gasteiger partial charge in [-0.25, -0.2) is 8.42 Å². The molecule has 0 saturated carbocycles. The molecule has 6 nitrogen and oxygen atoms in total. The number of hydrogen-bond donors (Lipinski definition) is 0. The Hall–Kier alpha value is -2.03. The number of aryl methyl sites for hydroxylation is 2. The number of rotatable bonds is 4. The van der Waals surface area contributed by atoms with Crippen LogP contribution in [-0.2, 0) is 14.6 Å². The number of amidine groups is 1. The van der Waals surface area contributed by atoms with Gasteiger partial charge in [-0.3, -0.25) is 4.79 Å². The van der Waals surface area contributed by atoms with Gasteiger partial charge < -0.3 is 9.64 Å². The Kier molecular flexibility index (Phi) is 5.83. The second kappa shape index (κ2) is 8.24. The Bertz CT molecular complexity index is 1100. The van der Waals surface area contributed by atoms with Gasteiger partial charge in [-0.15, -0.1) is 0 Å². The summed E-state index contributed by atoms with van der Waals surface area (Å²) in [5.41, 5.74) is 2.94. The van der Waals surface area contributed by atoms with Crippen molar-refractivity contribution in [2.24, 2.45) is 4.99 Å². The highest BCUT2D eigenvalue weighted by Gasteiger charge is 2.49. The van der Waals surface area contributed by atoms with Crippen molar-refractivity contribution in [3.63, 3.8) is 0 Å². The lowest BCUT2D eigenvalue weighted by Gasteiger charge is -2.27. The van der Waals surface area contributed by atoms with E-state index >= 15 is 0 Å². The number of hydrogen-bond acceptors (Lipinski definition) is 5. The third-order valence-electron chi connectivity index (χ3n) is 5.14. The maximum Gasteiger partial charge on any atom is 0.285 e. The fourth-order valence-corrected chi connectivity index (χ4v) is 7.87. The molecule has 4 rings (SSSR count). The van der Waals surface area contributed by atoms with Crippen LogP contribution in [0.1, 0.15) is 11.1 Å². The van der Waals surface area contributed by atoms with E-state index in [-0.39, 0.29) is 29.4 Å². The zero-order valence-corrected chi connectivity index (χ0v) is 18.9. The molecule has 0 radical (unpaired) electrons. The summed E-state index contributed by atoms with van der Waals surface area (Å²) in [5, 5.41) is 0.974. The molecule has 2 unspecified atom stereocenters. The molecule has 2 aromatic carbocycles. The molecule has 9 heteroatoms. The van der Waals surface area contributed by atoms with Gasteiger partial charge in [0.2, 0.25) is 0 Å². The number of para-hydroxylation sites is 1. The highest BCUT2D eigenvalue weighted by molar-refractivity contribution is 8.16. The molecule has 2 heterocycles. The number of thioether (sulfide) groups is 1. The number of carbonyl (C=O) groups excluding carboxylic acids is 1. The van der Waals surface area contributed by atoms with Gasteiger partial charge in [0.15, 0.2) is 21.6 Å². The van der Waals surface area contributed by atoms with E-state index in [4.69, 9.17) is 16.3 Å². The molecular weight excluding hydrogens is 444 g/mol. The van der Waals surface area contributed by atoms with Gasteiger partial charge in [-0.2, -0.15) is 4.99 Å². The van der Waals surface area contributed by atoms with Crippen molar-refractivity contribution in [3.8, 4) is 5.75 Å². The minimum atomic E-state index is -3.11. The van der Waals surface area contributed by atoms with Gasteiger partial charge >= 0.3 is 0 Å². The van der Waals surface area contributed by atoms with Crippen molar-refractivity contribution in [1.29, 1.82) is 0 Å².